The topological polar surface area (TPSA) is 29.0 Å². The van der Waals surface area contributed by atoms with Gasteiger partial charge in [0.05, 0.1) is 4.47 Å². The second-order valence-electron chi connectivity index (χ2n) is 3.38. The first-order chi connectivity index (χ1) is 6.77. The van der Waals surface area contributed by atoms with Gasteiger partial charge in [0.1, 0.15) is 12.1 Å². The molecule has 1 aromatic heterocycles. The summed E-state index contributed by atoms with van der Waals surface area (Å²) in [4.78, 5) is 11.1. The number of alkyl halides is 1. The Kier molecular flexibility index (Phi) is 3.38. The zero-order chi connectivity index (χ0) is 9.97. The lowest BCUT2D eigenvalue weighted by molar-refractivity contribution is 0.590. The Morgan fingerprint density at radius 1 is 1.50 bits per heavy atom. The van der Waals surface area contributed by atoms with Crippen LogP contribution in [-0.4, -0.2) is 27.9 Å². The van der Waals surface area contributed by atoms with E-state index in [0.29, 0.717) is 4.83 Å². The van der Waals surface area contributed by atoms with Gasteiger partial charge < -0.3 is 4.90 Å². The minimum absolute atomic E-state index is 0.582. The molecule has 3 nitrogen and oxygen atoms in total. The largest absolute Gasteiger partial charge is 0.354 e. The third-order valence-corrected chi connectivity index (χ3v) is 3.62. The van der Waals surface area contributed by atoms with Gasteiger partial charge in [0, 0.05) is 24.1 Å². The van der Waals surface area contributed by atoms with Crippen molar-refractivity contribution in [1.29, 1.82) is 0 Å². The molecular weight excluding hydrogens is 310 g/mol. The maximum atomic E-state index is 4.28. The van der Waals surface area contributed by atoms with Gasteiger partial charge in [-0.2, -0.15) is 0 Å². The summed E-state index contributed by atoms with van der Waals surface area (Å²) in [6.45, 7) is 2.10. The lowest BCUT2D eigenvalue weighted by atomic mass is 10.1. The van der Waals surface area contributed by atoms with E-state index in [0.717, 1.165) is 23.4 Å². The van der Waals surface area contributed by atoms with Crippen molar-refractivity contribution in [2.45, 2.75) is 17.7 Å². The van der Waals surface area contributed by atoms with Crippen LogP contribution in [0.4, 0.5) is 5.82 Å². The number of rotatable bonds is 1. The van der Waals surface area contributed by atoms with Gasteiger partial charge in [0.15, 0.2) is 0 Å². The fourth-order valence-electron chi connectivity index (χ4n) is 1.66. The summed E-state index contributed by atoms with van der Waals surface area (Å²) >= 11 is 7.12. The highest BCUT2D eigenvalue weighted by Crippen LogP contribution is 2.26. The van der Waals surface area contributed by atoms with Gasteiger partial charge in [-0.05, 0) is 28.8 Å². The summed E-state index contributed by atoms with van der Waals surface area (Å²) in [6.07, 6.45) is 5.85. The Morgan fingerprint density at radius 2 is 2.36 bits per heavy atom. The highest BCUT2D eigenvalue weighted by molar-refractivity contribution is 9.10. The molecule has 2 rings (SSSR count). The molecule has 1 saturated heterocycles. The summed E-state index contributed by atoms with van der Waals surface area (Å²) < 4.78 is 0.974. The molecule has 76 valence electrons. The molecule has 0 saturated carbocycles. The zero-order valence-electron chi connectivity index (χ0n) is 7.66. The van der Waals surface area contributed by atoms with Gasteiger partial charge in [0.2, 0.25) is 0 Å². The van der Waals surface area contributed by atoms with Crippen LogP contribution in [-0.2, 0) is 0 Å². The average molecular weight is 321 g/mol. The fourth-order valence-corrected chi connectivity index (χ4v) is 2.80. The van der Waals surface area contributed by atoms with E-state index < -0.39 is 0 Å². The number of halogens is 2. The lowest BCUT2D eigenvalue weighted by Crippen LogP contribution is -2.36. The van der Waals surface area contributed by atoms with Crippen molar-refractivity contribution in [3.05, 3.63) is 17.0 Å². The van der Waals surface area contributed by atoms with Gasteiger partial charge in [-0.15, -0.1) is 0 Å². The average Bonchev–Trinajstić information content (AvgIpc) is 2.18. The molecule has 1 fully saturated rings. The van der Waals surface area contributed by atoms with Crippen LogP contribution in [0.25, 0.3) is 0 Å². The second kappa shape index (κ2) is 4.57. The van der Waals surface area contributed by atoms with E-state index in [-0.39, 0.29) is 0 Å². The molecule has 0 aromatic carbocycles. The van der Waals surface area contributed by atoms with E-state index in [1.54, 1.807) is 12.5 Å². The quantitative estimate of drug-likeness (QED) is 0.745. The summed E-state index contributed by atoms with van der Waals surface area (Å²) in [5.74, 6) is 1.00. The first-order valence-corrected chi connectivity index (χ1v) is 6.33. The van der Waals surface area contributed by atoms with Crippen LogP contribution >= 0.6 is 31.9 Å². The van der Waals surface area contributed by atoms with Crippen LogP contribution in [0.1, 0.15) is 12.8 Å². The molecule has 0 bridgehead atoms. The van der Waals surface area contributed by atoms with Crippen molar-refractivity contribution in [1.82, 2.24) is 9.97 Å². The van der Waals surface area contributed by atoms with Gasteiger partial charge in [-0.25, -0.2) is 9.97 Å². The smallest absolute Gasteiger partial charge is 0.146 e. The number of nitrogens with zero attached hydrogens (tertiary/aromatic N) is 3. The zero-order valence-corrected chi connectivity index (χ0v) is 10.8. The second-order valence-corrected chi connectivity index (χ2v) is 5.53. The molecule has 1 aliphatic rings. The number of piperidine rings is 1. The Hall–Kier alpha value is -0.160. The summed E-state index contributed by atoms with van der Waals surface area (Å²) in [6, 6.07) is 0. The molecule has 1 atom stereocenters. The van der Waals surface area contributed by atoms with Crippen LogP contribution in [0.2, 0.25) is 0 Å². The van der Waals surface area contributed by atoms with Gasteiger partial charge >= 0.3 is 0 Å². The van der Waals surface area contributed by atoms with Gasteiger partial charge in [0.25, 0.3) is 0 Å². The Balaban J connectivity index is 2.18. The maximum absolute atomic E-state index is 4.28. The van der Waals surface area contributed by atoms with Crippen LogP contribution < -0.4 is 4.90 Å². The normalized spacial score (nSPS) is 22.4. The SMILES string of the molecule is Brc1cncnc1N1CCCC(Br)C1. The molecule has 1 unspecified atom stereocenters. The van der Waals surface area contributed by atoms with E-state index in [4.69, 9.17) is 0 Å². The summed E-state index contributed by atoms with van der Waals surface area (Å²) in [5, 5.41) is 0. The first-order valence-electron chi connectivity index (χ1n) is 4.62. The predicted molar refractivity (Wildman–Crippen MR) is 63.9 cm³/mol. The van der Waals surface area contributed by atoms with Crippen molar-refractivity contribution in [3.63, 3.8) is 0 Å². The number of anilines is 1. The minimum atomic E-state index is 0.582. The van der Waals surface area contributed by atoms with Crippen LogP contribution in [0.3, 0.4) is 0 Å². The Bertz CT molecular complexity index is 319. The predicted octanol–water partition coefficient (Wildman–Crippen LogP) is 2.60. The van der Waals surface area contributed by atoms with Crippen molar-refractivity contribution in [2.75, 3.05) is 18.0 Å². The number of hydrogen-bond acceptors (Lipinski definition) is 3. The summed E-state index contributed by atoms with van der Waals surface area (Å²) in [7, 11) is 0. The molecule has 14 heavy (non-hydrogen) atoms. The van der Waals surface area contributed by atoms with E-state index >= 15 is 0 Å². The van der Waals surface area contributed by atoms with Crippen molar-refractivity contribution >= 4 is 37.7 Å². The number of aromatic nitrogens is 2. The molecule has 0 spiro atoms. The van der Waals surface area contributed by atoms with E-state index in [1.165, 1.54) is 12.8 Å². The molecule has 0 aliphatic carbocycles. The van der Waals surface area contributed by atoms with Gasteiger partial charge in [-0.1, -0.05) is 15.9 Å². The highest BCUT2D eigenvalue weighted by atomic mass is 79.9. The van der Waals surface area contributed by atoms with Crippen LogP contribution in [0.15, 0.2) is 17.0 Å². The summed E-state index contributed by atoms with van der Waals surface area (Å²) in [5.41, 5.74) is 0. The van der Waals surface area contributed by atoms with E-state index in [1.807, 2.05) is 0 Å². The number of hydrogen-bond donors (Lipinski definition) is 0. The third-order valence-electron chi connectivity index (χ3n) is 2.31. The molecule has 0 amide bonds. The van der Waals surface area contributed by atoms with E-state index in [9.17, 15) is 0 Å². The van der Waals surface area contributed by atoms with Gasteiger partial charge in [-0.3, -0.25) is 0 Å². The minimum Gasteiger partial charge on any atom is -0.354 e. The van der Waals surface area contributed by atoms with Crippen molar-refractivity contribution in [3.8, 4) is 0 Å². The van der Waals surface area contributed by atoms with Crippen molar-refractivity contribution in [2.24, 2.45) is 0 Å². The van der Waals surface area contributed by atoms with Crippen LogP contribution in [0, 0.1) is 0 Å². The molecule has 0 radical (unpaired) electrons. The monoisotopic (exact) mass is 319 g/mol. The first kappa shape index (κ1) is 10.4. The maximum Gasteiger partial charge on any atom is 0.146 e. The lowest BCUT2D eigenvalue weighted by Gasteiger charge is -2.31. The third kappa shape index (κ3) is 2.25. The van der Waals surface area contributed by atoms with Crippen molar-refractivity contribution < 1.29 is 0 Å². The molecule has 0 N–H and O–H groups in total. The molecule has 1 aliphatic heterocycles. The molecule has 1 aromatic rings. The Labute approximate surface area is 100 Å². The molecule has 2 heterocycles. The van der Waals surface area contributed by atoms with E-state index in [2.05, 4.69) is 46.7 Å². The fraction of sp³-hybridized carbons (Fsp3) is 0.556. The standard InChI is InChI=1S/C9H11Br2N3/c10-7-2-1-3-14(5-7)9-8(11)4-12-6-13-9/h4,6-7H,1-3,5H2. The molecular formula is C9H11Br2N3. The molecule has 5 heteroatoms. The van der Waals surface area contributed by atoms with Crippen LogP contribution in [0.5, 0.6) is 0 Å². The Morgan fingerprint density at radius 3 is 3.07 bits per heavy atom. The highest BCUT2D eigenvalue weighted by Gasteiger charge is 2.20.